The molecule has 0 bridgehead atoms. The quantitative estimate of drug-likeness (QED) is 0.792. The predicted molar refractivity (Wildman–Crippen MR) is 65.8 cm³/mol. The largest absolute Gasteiger partial charge is 0.339 e. The van der Waals surface area contributed by atoms with E-state index in [4.69, 9.17) is 10.3 Å². The highest BCUT2D eigenvalue weighted by atomic mass is 32.2. The molecule has 0 aromatic carbocycles. The summed E-state index contributed by atoms with van der Waals surface area (Å²) < 4.78 is 27.9. The highest BCUT2D eigenvalue weighted by Crippen LogP contribution is 2.27. The number of aromatic nitrogens is 2. The van der Waals surface area contributed by atoms with E-state index < -0.39 is 9.84 Å². The lowest BCUT2D eigenvalue weighted by molar-refractivity contribution is 0.339. The van der Waals surface area contributed by atoms with Gasteiger partial charge in [-0.15, -0.1) is 0 Å². The van der Waals surface area contributed by atoms with E-state index in [0.717, 1.165) is 0 Å². The van der Waals surface area contributed by atoms with Crippen molar-refractivity contribution in [2.45, 2.75) is 18.4 Å². The molecule has 1 saturated heterocycles. The number of nitrogens with two attached hydrogens (primary N) is 1. The van der Waals surface area contributed by atoms with Crippen molar-refractivity contribution < 1.29 is 12.9 Å². The number of likely N-dealkylation sites (N-methyl/N-ethyl adjacent to an activating group) is 1. The summed E-state index contributed by atoms with van der Waals surface area (Å²) in [6.45, 7) is 0.613. The average molecular weight is 274 g/mol. The first-order chi connectivity index (χ1) is 8.37. The zero-order valence-corrected chi connectivity index (χ0v) is 11.4. The topological polar surface area (TPSA) is 102 Å². The van der Waals surface area contributed by atoms with Gasteiger partial charge in [0.2, 0.25) is 5.89 Å². The molecule has 2 heterocycles. The van der Waals surface area contributed by atoms with Crippen LogP contribution in [0.5, 0.6) is 0 Å². The highest BCUT2D eigenvalue weighted by Gasteiger charge is 2.33. The van der Waals surface area contributed by atoms with E-state index >= 15 is 0 Å². The fourth-order valence-corrected chi connectivity index (χ4v) is 3.76. The molecular formula is C10H18N4O3S. The Morgan fingerprint density at radius 2 is 2.28 bits per heavy atom. The minimum atomic E-state index is -2.94. The number of sulfone groups is 1. The van der Waals surface area contributed by atoms with Crippen molar-refractivity contribution in [2.24, 2.45) is 5.73 Å². The molecule has 1 aliphatic heterocycles. The lowest BCUT2D eigenvalue weighted by atomic mass is 10.1. The van der Waals surface area contributed by atoms with E-state index in [9.17, 15) is 8.42 Å². The van der Waals surface area contributed by atoms with Gasteiger partial charge >= 0.3 is 0 Å². The van der Waals surface area contributed by atoms with Gasteiger partial charge in [-0.25, -0.2) is 8.42 Å². The molecule has 0 spiro atoms. The minimum Gasteiger partial charge on any atom is -0.339 e. The van der Waals surface area contributed by atoms with Crippen LogP contribution in [0, 0.1) is 0 Å². The van der Waals surface area contributed by atoms with E-state index in [1.807, 2.05) is 19.0 Å². The van der Waals surface area contributed by atoms with Crippen molar-refractivity contribution in [2.75, 3.05) is 32.1 Å². The van der Waals surface area contributed by atoms with Gasteiger partial charge < -0.3 is 15.2 Å². The third-order valence-electron chi connectivity index (χ3n) is 2.93. The fraction of sp³-hybridized carbons (Fsp3) is 0.800. The Morgan fingerprint density at radius 3 is 2.83 bits per heavy atom. The summed E-state index contributed by atoms with van der Waals surface area (Å²) in [5.74, 6) is 0.933. The Kier molecular flexibility index (Phi) is 3.69. The Balaban J connectivity index is 2.07. The molecular weight excluding hydrogens is 256 g/mol. The maximum absolute atomic E-state index is 11.4. The maximum Gasteiger partial charge on any atom is 0.230 e. The van der Waals surface area contributed by atoms with Gasteiger partial charge in [-0.1, -0.05) is 5.16 Å². The third-order valence-corrected chi connectivity index (χ3v) is 4.70. The molecule has 2 rings (SSSR count). The molecule has 1 aliphatic rings. The van der Waals surface area contributed by atoms with Crippen LogP contribution in [-0.4, -0.2) is 55.6 Å². The van der Waals surface area contributed by atoms with Crippen LogP contribution in [0.4, 0.5) is 0 Å². The summed E-state index contributed by atoms with van der Waals surface area (Å²) in [4.78, 5) is 6.15. The molecule has 0 aliphatic carbocycles. The van der Waals surface area contributed by atoms with Crippen LogP contribution in [-0.2, 0) is 9.84 Å². The van der Waals surface area contributed by atoms with Gasteiger partial charge in [0.05, 0.1) is 23.5 Å². The number of rotatable bonds is 4. The Bertz CT molecular complexity index is 511. The smallest absolute Gasteiger partial charge is 0.230 e. The second kappa shape index (κ2) is 4.94. The van der Waals surface area contributed by atoms with Crippen molar-refractivity contribution in [3.8, 4) is 0 Å². The molecule has 8 heteroatoms. The van der Waals surface area contributed by atoms with Crippen LogP contribution >= 0.6 is 0 Å². The van der Waals surface area contributed by atoms with Gasteiger partial charge in [-0.2, -0.15) is 4.98 Å². The average Bonchev–Trinajstić information content (AvgIpc) is 2.82. The molecule has 7 nitrogen and oxygen atoms in total. The zero-order valence-electron chi connectivity index (χ0n) is 10.5. The monoisotopic (exact) mass is 274 g/mol. The standard InChI is InChI=1S/C10H18N4O3S/c1-14(2)5-8(11)9-12-10(17-13-9)7-3-4-18(15,16)6-7/h7-8H,3-6,11H2,1-2H3. The van der Waals surface area contributed by atoms with Gasteiger partial charge in [-0.05, 0) is 20.5 Å². The van der Waals surface area contributed by atoms with E-state index in [2.05, 4.69) is 10.1 Å². The Morgan fingerprint density at radius 1 is 1.56 bits per heavy atom. The van der Waals surface area contributed by atoms with Gasteiger partial charge in [0.1, 0.15) is 0 Å². The lowest BCUT2D eigenvalue weighted by Crippen LogP contribution is -2.26. The van der Waals surface area contributed by atoms with Crippen LogP contribution < -0.4 is 5.73 Å². The normalized spacial score (nSPS) is 24.6. The molecule has 18 heavy (non-hydrogen) atoms. The SMILES string of the molecule is CN(C)CC(N)c1noc(C2CCS(=O)(=O)C2)n1. The van der Waals surface area contributed by atoms with Crippen LogP contribution in [0.15, 0.2) is 4.52 Å². The highest BCUT2D eigenvalue weighted by molar-refractivity contribution is 7.91. The van der Waals surface area contributed by atoms with Crippen LogP contribution in [0.2, 0.25) is 0 Å². The molecule has 1 aromatic rings. The number of hydrogen-bond acceptors (Lipinski definition) is 7. The summed E-state index contributed by atoms with van der Waals surface area (Å²) >= 11 is 0. The summed E-state index contributed by atoms with van der Waals surface area (Å²) in [5.41, 5.74) is 5.92. The predicted octanol–water partition coefficient (Wildman–Crippen LogP) is -0.467. The van der Waals surface area contributed by atoms with Crippen molar-refractivity contribution in [3.63, 3.8) is 0 Å². The molecule has 102 valence electrons. The zero-order chi connectivity index (χ0) is 13.3. The second-order valence-electron chi connectivity index (χ2n) is 4.96. The van der Waals surface area contributed by atoms with E-state index in [0.29, 0.717) is 24.7 Å². The van der Waals surface area contributed by atoms with Crippen LogP contribution in [0.3, 0.4) is 0 Å². The summed E-state index contributed by atoms with van der Waals surface area (Å²) in [6, 6.07) is -0.324. The molecule has 1 aromatic heterocycles. The van der Waals surface area contributed by atoms with Gasteiger partial charge in [0.15, 0.2) is 15.7 Å². The van der Waals surface area contributed by atoms with E-state index in [1.165, 1.54) is 0 Å². The first-order valence-electron chi connectivity index (χ1n) is 5.81. The summed E-state index contributed by atoms with van der Waals surface area (Å²) in [5, 5.41) is 3.83. The summed E-state index contributed by atoms with van der Waals surface area (Å²) in [7, 11) is 0.873. The van der Waals surface area contributed by atoms with Crippen molar-refractivity contribution in [3.05, 3.63) is 11.7 Å². The second-order valence-corrected chi connectivity index (χ2v) is 7.19. The van der Waals surface area contributed by atoms with Gasteiger partial charge in [-0.3, -0.25) is 0 Å². The fourth-order valence-electron chi connectivity index (χ4n) is 2.03. The third kappa shape index (κ3) is 3.06. The molecule has 0 saturated carbocycles. The van der Waals surface area contributed by atoms with Crippen molar-refractivity contribution in [1.82, 2.24) is 15.0 Å². The molecule has 2 unspecified atom stereocenters. The van der Waals surface area contributed by atoms with E-state index in [-0.39, 0.29) is 23.5 Å². The lowest BCUT2D eigenvalue weighted by Gasteiger charge is -2.12. The molecule has 2 atom stereocenters. The Labute approximate surface area is 106 Å². The Hall–Kier alpha value is -0.990. The number of nitrogens with zero attached hydrogens (tertiary/aromatic N) is 3. The van der Waals surface area contributed by atoms with E-state index in [1.54, 1.807) is 0 Å². The van der Waals surface area contributed by atoms with Crippen LogP contribution in [0.25, 0.3) is 0 Å². The van der Waals surface area contributed by atoms with Gasteiger partial charge in [0.25, 0.3) is 0 Å². The van der Waals surface area contributed by atoms with Crippen molar-refractivity contribution >= 4 is 9.84 Å². The maximum atomic E-state index is 11.4. The number of hydrogen-bond donors (Lipinski definition) is 1. The van der Waals surface area contributed by atoms with Crippen LogP contribution in [0.1, 0.15) is 30.1 Å². The first kappa shape index (κ1) is 13.4. The minimum absolute atomic E-state index is 0.0948. The molecule has 0 radical (unpaired) electrons. The molecule has 1 fully saturated rings. The van der Waals surface area contributed by atoms with Crippen molar-refractivity contribution in [1.29, 1.82) is 0 Å². The first-order valence-corrected chi connectivity index (χ1v) is 7.64. The molecule has 0 amide bonds. The summed E-state index contributed by atoms with van der Waals surface area (Å²) in [6.07, 6.45) is 0.548. The molecule has 2 N–H and O–H groups in total. The van der Waals surface area contributed by atoms with Gasteiger partial charge in [0, 0.05) is 6.54 Å².